The third-order valence-electron chi connectivity index (χ3n) is 2.70. The lowest BCUT2D eigenvalue weighted by Gasteiger charge is -2.27. The third-order valence-corrected chi connectivity index (χ3v) is 3.38. The van der Waals surface area contributed by atoms with Crippen molar-refractivity contribution in [2.45, 2.75) is 25.1 Å². The lowest BCUT2D eigenvalue weighted by Crippen LogP contribution is -2.30. The monoisotopic (exact) mass is 238 g/mol. The Morgan fingerprint density at radius 1 is 1.44 bits per heavy atom. The van der Waals surface area contributed by atoms with E-state index in [9.17, 15) is 9.59 Å². The first kappa shape index (κ1) is 12.9. The van der Waals surface area contributed by atoms with Gasteiger partial charge in [-0.25, -0.2) is 0 Å². The summed E-state index contributed by atoms with van der Waals surface area (Å²) in [5.74, 6) is -0.179. The normalized spacial score (nSPS) is 16.2. The van der Waals surface area contributed by atoms with Crippen LogP contribution in [0.4, 0.5) is 0 Å². The Labute approximate surface area is 101 Å². The maximum Gasteiger partial charge on any atom is 0.145 e. The van der Waals surface area contributed by atoms with E-state index in [0.717, 1.165) is 11.8 Å². The van der Waals surface area contributed by atoms with Crippen LogP contribution < -0.4 is 0 Å². The molecule has 0 bridgehead atoms. The number of carbonyl (C=O) groups excluding carboxylic acids is 2. The van der Waals surface area contributed by atoms with Crippen LogP contribution in [0.25, 0.3) is 0 Å². The van der Waals surface area contributed by atoms with E-state index in [1.165, 1.54) is 6.92 Å². The number of benzene rings is 1. The zero-order chi connectivity index (χ0) is 12.2. The molecule has 0 aliphatic carbocycles. The maximum absolute atomic E-state index is 11.2. The molecule has 2 atom stereocenters. The first-order valence-electron chi connectivity index (χ1n) is 5.21. The number of carbonyl (C=O) groups is 2. The van der Waals surface area contributed by atoms with Crippen LogP contribution in [-0.4, -0.2) is 12.1 Å². The van der Waals surface area contributed by atoms with Gasteiger partial charge in [0.25, 0.3) is 0 Å². The van der Waals surface area contributed by atoms with E-state index in [-0.39, 0.29) is 11.7 Å². The number of ketones is 1. The second-order valence-electron chi connectivity index (χ2n) is 4.06. The van der Waals surface area contributed by atoms with E-state index in [1.807, 2.05) is 25.1 Å². The molecule has 2 nitrogen and oxygen atoms in total. The first-order valence-corrected chi connectivity index (χ1v) is 5.58. The fourth-order valence-electron chi connectivity index (χ4n) is 1.74. The van der Waals surface area contributed by atoms with Gasteiger partial charge in [-0.2, -0.15) is 0 Å². The Hall–Kier alpha value is -1.15. The van der Waals surface area contributed by atoms with Gasteiger partial charge in [-0.1, -0.05) is 37.3 Å². The Balaban J connectivity index is 3.02. The summed E-state index contributed by atoms with van der Waals surface area (Å²) in [6.07, 6.45) is 1.02. The zero-order valence-electron chi connectivity index (χ0n) is 9.44. The molecule has 0 aromatic heterocycles. The number of alkyl halides is 1. The van der Waals surface area contributed by atoms with Crippen LogP contribution in [0, 0.1) is 5.92 Å². The minimum Gasteiger partial charge on any atom is -0.301 e. The van der Waals surface area contributed by atoms with E-state index in [4.69, 9.17) is 11.6 Å². The molecule has 0 heterocycles. The van der Waals surface area contributed by atoms with Crippen LogP contribution in [0.3, 0.4) is 0 Å². The van der Waals surface area contributed by atoms with Gasteiger partial charge in [-0.15, -0.1) is 11.6 Å². The van der Waals surface area contributed by atoms with Crippen molar-refractivity contribution in [1.29, 1.82) is 0 Å². The highest BCUT2D eigenvalue weighted by molar-refractivity contribution is 6.31. The molecular weight excluding hydrogens is 224 g/mol. The van der Waals surface area contributed by atoms with Gasteiger partial charge in [-0.3, -0.25) is 0 Å². The Bertz CT molecular complexity index is 375. The van der Waals surface area contributed by atoms with Gasteiger partial charge in [0.2, 0.25) is 0 Å². The summed E-state index contributed by atoms with van der Waals surface area (Å²) in [5.41, 5.74) is 0.736. The Morgan fingerprint density at radius 2 is 2.00 bits per heavy atom. The molecule has 0 aliphatic rings. The highest BCUT2D eigenvalue weighted by Crippen LogP contribution is 2.36. The molecule has 1 rings (SSSR count). The highest BCUT2D eigenvalue weighted by Gasteiger charge is 2.36. The summed E-state index contributed by atoms with van der Waals surface area (Å²) >= 11 is 6.32. The van der Waals surface area contributed by atoms with Crippen LogP contribution in [0.15, 0.2) is 30.3 Å². The summed E-state index contributed by atoms with van der Waals surface area (Å²) in [5, 5.41) is 0. The van der Waals surface area contributed by atoms with E-state index in [2.05, 4.69) is 0 Å². The molecule has 2 unspecified atom stereocenters. The van der Waals surface area contributed by atoms with Gasteiger partial charge in [0, 0.05) is 6.42 Å². The van der Waals surface area contributed by atoms with Crippen molar-refractivity contribution in [3.05, 3.63) is 35.9 Å². The van der Waals surface area contributed by atoms with E-state index in [1.54, 1.807) is 12.1 Å². The average Bonchev–Trinajstić information content (AvgIpc) is 2.28. The van der Waals surface area contributed by atoms with Crippen LogP contribution in [-0.2, 0) is 14.5 Å². The summed E-state index contributed by atoms with van der Waals surface area (Å²) in [6.45, 7) is 3.32. The lowest BCUT2D eigenvalue weighted by molar-refractivity contribution is -0.118. The fraction of sp³-hybridized carbons (Fsp3) is 0.385. The predicted octanol–water partition coefficient (Wildman–Crippen LogP) is 2.93. The third kappa shape index (κ3) is 2.70. The number of hydrogen-bond acceptors (Lipinski definition) is 2. The number of halogens is 1. The molecule has 86 valence electrons. The van der Waals surface area contributed by atoms with Gasteiger partial charge in [0.1, 0.15) is 16.9 Å². The smallest absolute Gasteiger partial charge is 0.145 e. The molecule has 0 saturated carbocycles. The molecule has 0 fully saturated rings. The lowest BCUT2D eigenvalue weighted by atomic mass is 9.84. The topological polar surface area (TPSA) is 34.1 Å². The van der Waals surface area contributed by atoms with Crippen LogP contribution in [0.5, 0.6) is 0 Å². The first-order chi connectivity index (χ1) is 7.50. The number of hydrogen-bond donors (Lipinski definition) is 0. The van der Waals surface area contributed by atoms with Crippen molar-refractivity contribution in [3.8, 4) is 0 Å². The average molecular weight is 239 g/mol. The molecule has 0 saturated heterocycles. The summed E-state index contributed by atoms with van der Waals surface area (Å²) in [4.78, 5) is 21.2. The van der Waals surface area contributed by atoms with Crippen molar-refractivity contribution in [3.63, 3.8) is 0 Å². The zero-order valence-corrected chi connectivity index (χ0v) is 10.2. The highest BCUT2D eigenvalue weighted by atomic mass is 35.5. The van der Waals surface area contributed by atoms with Crippen molar-refractivity contribution >= 4 is 23.7 Å². The minimum atomic E-state index is -1.10. The molecule has 1 aromatic rings. The van der Waals surface area contributed by atoms with Crippen molar-refractivity contribution in [1.82, 2.24) is 0 Å². The molecule has 0 N–H and O–H groups in total. The summed E-state index contributed by atoms with van der Waals surface area (Å²) in [6, 6.07) is 9.13. The Kier molecular flexibility index (Phi) is 4.25. The van der Waals surface area contributed by atoms with E-state index < -0.39 is 4.87 Å². The second-order valence-corrected chi connectivity index (χ2v) is 4.68. The second kappa shape index (κ2) is 5.26. The van der Waals surface area contributed by atoms with Crippen molar-refractivity contribution in [2.75, 3.05) is 0 Å². The number of aldehydes is 1. The van der Waals surface area contributed by atoms with Gasteiger partial charge in [0.05, 0.1) is 0 Å². The SMILES string of the molecule is CC(=O)CC(C)C(Cl)(C=O)c1ccccc1. The molecular formula is C13H15ClO2. The standard InChI is InChI=1S/C13H15ClO2/c1-10(8-11(2)16)13(14,9-15)12-6-4-3-5-7-12/h3-7,9-10H,8H2,1-2H3. The molecule has 0 amide bonds. The molecule has 16 heavy (non-hydrogen) atoms. The van der Waals surface area contributed by atoms with Crippen molar-refractivity contribution < 1.29 is 9.59 Å². The molecule has 1 aromatic carbocycles. The molecule has 0 spiro atoms. The van der Waals surface area contributed by atoms with E-state index >= 15 is 0 Å². The van der Waals surface area contributed by atoms with Gasteiger partial charge in [0.15, 0.2) is 0 Å². The summed E-state index contributed by atoms with van der Waals surface area (Å²) < 4.78 is 0. The number of Topliss-reactive ketones (excluding diaryl/α,β-unsaturated/α-hetero) is 1. The van der Waals surface area contributed by atoms with Crippen LogP contribution in [0.1, 0.15) is 25.8 Å². The minimum absolute atomic E-state index is 0.0373. The quantitative estimate of drug-likeness (QED) is 0.584. The largest absolute Gasteiger partial charge is 0.301 e. The number of rotatable bonds is 5. The fourth-order valence-corrected chi connectivity index (χ4v) is 1.95. The van der Waals surface area contributed by atoms with Gasteiger partial charge < -0.3 is 9.59 Å². The molecule has 0 radical (unpaired) electrons. The van der Waals surface area contributed by atoms with Crippen LogP contribution in [0.2, 0.25) is 0 Å². The van der Waals surface area contributed by atoms with Crippen LogP contribution >= 0.6 is 11.6 Å². The van der Waals surface area contributed by atoms with E-state index in [0.29, 0.717) is 6.42 Å². The van der Waals surface area contributed by atoms with Gasteiger partial charge in [-0.05, 0) is 18.4 Å². The maximum atomic E-state index is 11.2. The molecule has 0 aliphatic heterocycles. The molecule has 3 heteroatoms. The Morgan fingerprint density at radius 3 is 2.44 bits per heavy atom. The predicted molar refractivity (Wildman–Crippen MR) is 64.5 cm³/mol. The van der Waals surface area contributed by atoms with Crippen molar-refractivity contribution in [2.24, 2.45) is 5.92 Å². The van der Waals surface area contributed by atoms with Gasteiger partial charge >= 0.3 is 0 Å². The summed E-state index contributed by atoms with van der Waals surface area (Å²) in [7, 11) is 0.